The van der Waals surface area contributed by atoms with Crippen LogP contribution in [0.4, 0.5) is 0 Å². The number of nitrogens with one attached hydrogen (secondary N) is 1. The Kier molecular flexibility index (Phi) is 7.70. The number of hydrogen-bond donors (Lipinski definition) is 1. The first kappa shape index (κ1) is 22.8. The molecule has 0 bridgehead atoms. The van der Waals surface area contributed by atoms with Crippen LogP contribution in [0.1, 0.15) is 30.9 Å². The number of amides is 1. The Morgan fingerprint density at radius 2 is 1.81 bits per heavy atom. The van der Waals surface area contributed by atoms with Gasteiger partial charge in [0.05, 0.1) is 18.6 Å². The Balaban J connectivity index is 1.56. The van der Waals surface area contributed by atoms with Gasteiger partial charge in [-0.3, -0.25) is 4.79 Å². The summed E-state index contributed by atoms with van der Waals surface area (Å²) in [4.78, 5) is 12.4. The summed E-state index contributed by atoms with van der Waals surface area (Å²) in [6.07, 6.45) is 4.95. The van der Waals surface area contributed by atoms with E-state index in [1.807, 2.05) is 13.0 Å². The van der Waals surface area contributed by atoms with Crippen molar-refractivity contribution in [3.05, 3.63) is 59.7 Å². The minimum absolute atomic E-state index is 0.249. The average Bonchev–Trinajstić information content (AvgIpc) is 3.33. The van der Waals surface area contributed by atoms with Gasteiger partial charge in [0, 0.05) is 25.7 Å². The molecule has 0 radical (unpaired) electrons. The second-order valence-electron chi connectivity index (χ2n) is 7.15. The molecular formula is C23H28N2O5S. The maximum atomic E-state index is 12.6. The zero-order chi connectivity index (χ0) is 22.3. The number of benzene rings is 2. The molecule has 1 amide bonds. The molecule has 1 aliphatic rings. The van der Waals surface area contributed by atoms with Crippen LogP contribution in [0.3, 0.4) is 0 Å². The zero-order valence-electron chi connectivity index (χ0n) is 17.8. The van der Waals surface area contributed by atoms with E-state index in [0.29, 0.717) is 37.7 Å². The summed E-state index contributed by atoms with van der Waals surface area (Å²) < 4.78 is 37.4. The number of carbonyl (C=O) groups excluding carboxylic acids is 1. The van der Waals surface area contributed by atoms with Crippen molar-refractivity contribution in [3.63, 3.8) is 0 Å². The summed E-state index contributed by atoms with van der Waals surface area (Å²) in [5.74, 6) is 1.01. The zero-order valence-corrected chi connectivity index (χ0v) is 18.7. The molecule has 3 rings (SSSR count). The summed E-state index contributed by atoms with van der Waals surface area (Å²) in [7, 11) is -1.85. The molecule has 2 aromatic rings. The maximum absolute atomic E-state index is 12.6. The van der Waals surface area contributed by atoms with E-state index in [0.717, 1.165) is 24.0 Å². The van der Waals surface area contributed by atoms with Crippen LogP contribution in [0.2, 0.25) is 0 Å². The summed E-state index contributed by atoms with van der Waals surface area (Å²) in [5.41, 5.74) is 1.64. The second-order valence-corrected chi connectivity index (χ2v) is 9.09. The topological polar surface area (TPSA) is 84.9 Å². The van der Waals surface area contributed by atoms with E-state index in [1.165, 1.54) is 10.4 Å². The smallest absolute Gasteiger partial charge is 0.244 e. The van der Waals surface area contributed by atoms with Crippen LogP contribution in [0, 0.1) is 0 Å². The highest BCUT2D eigenvalue weighted by Gasteiger charge is 2.26. The molecule has 0 aromatic heterocycles. The Bertz CT molecular complexity index is 1030. The first-order valence-corrected chi connectivity index (χ1v) is 11.7. The summed E-state index contributed by atoms with van der Waals surface area (Å²) in [6, 6.07) is 12.1. The predicted octanol–water partition coefficient (Wildman–Crippen LogP) is 3.21. The van der Waals surface area contributed by atoms with Gasteiger partial charge in [-0.2, -0.15) is 4.31 Å². The molecule has 1 saturated heterocycles. The lowest BCUT2D eigenvalue weighted by atomic mass is 10.2. The molecule has 31 heavy (non-hydrogen) atoms. The van der Waals surface area contributed by atoms with Gasteiger partial charge in [-0.1, -0.05) is 18.2 Å². The molecule has 8 heteroatoms. The predicted molar refractivity (Wildman–Crippen MR) is 119 cm³/mol. The third-order valence-corrected chi connectivity index (χ3v) is 6.92. The molecule has 1 heterocycles. The number of ether oxygens (including phenoxy) is 2. The minimum atomic E-state index is -3.42. The SMILES string of the molecule is CCOc1ccc(/C=C/C(=O)NCc2ccc(S(=O)(=O)N3CCCC3)cc2)cc1OC. The van der Waals surface area contributed by atoms with Crippen molar-refractivity contribution >= 4 is 22.0 Å². The van der Waals surface area contributed by atoms with E-state index in [2.05, 4.69) is 5.32 Å². The van der Waals surface area contributed by atoms with Crippen molar-refractivity contribution in [2.75, 3.05) is 26.8 Å². The third kappa shape index (κ3) is 5.86. The molecule has 1 N–H and O–H groups in total. The molecule has 1 fully saturated rings. The molecule has 2 aromatic carbocycles. The third-order valence-electron chi connectivity index (χ3n) is 5.01. The van der Waals surface area contributed by atoms with Crippen LogP contribution in [0.15, 0.2) is 53.4 Å². The van der Waals surface area contributed by atoms with Gasteiger partial charge >= 0.3 is 0 Å². The molecule has 0 atom stereocenters. The van der Waals surface area contributed by atoms with E-state index in [-0.39, 0.29) is 10.8 Å². The van der Waals surface area contributed by atoms with E-state index in [4.69, 9.17) is 9.47 Å². The first-order valence-electron chi connectivity index (χ1n) is 10.3. The van der Waals surface area contributed by atoms with Gasteiger partial charge < -0.3 is 14.8 Å². The number of carbonyl (C=O) groups is 1. The van der Waals surface area contributed by atoms with Crippen molar-refractivity contribution in [1.82, 2.24) is 9.62 Å². The van der Waals surface area contributed by atoms with E-state index in [9.17, 15) is 13.2 Å². The lowest BCUT2D eigenvalue weighted by molar-refractivity contribution is -0.116. The maximum Gasteiger partial charge on any atom is 0.244 e. The Labute approximate surface area is 183 Å². The average molecular weight is 445 g/mol. The lowest BCUT2D eigenvalue weighted by Gasteiger charge is -2.15. The van der Waals surface area contributed by atoms with Crippen LogP contribution < -0.4 is 14.8 Å². The fraction of sp³-hybridized carbons (Fsp3) is 0.348. The highest BCUT2D eigenvalue weighted by molar-refractivity contribution is 7.89. The van der Waals surface area contributed by atoms with Crippen molar-refractivity contribution in [3.8, 4) is 11.5 Å². The largest absolute Gasteiger partial charge is 0.493 e. The number of rotatable bonds is 9. The van der Waals surface area contributed by atoms with Crippen molar-refractivity contribution in [2.45, 2.75) is 31.2 Å². The Hall–Kier alpha value is -2.84. The number of hydrogen-bond acceptors (Lipinski definition) is 5. The summed E-state index contributed by atoms with van der Waals surface area (Å²) >= 11 is 0. The monoisotopic (exact) mass is 444 g/mol. The summed E-state index contributed by atoms with van der Waals surface area (Å²) in [6.45, 7) is 3.90. The van der Waals surface area contributed by atoms with Crippen LogP contribution in [-0.4, -0.2) is 45.4 Å². The number of sulfonamides is 1. The van der Waals surface area contributed by atoms with E-state index >= 15 is 0 Å². The van der Waals surface area contributed by atoms with E-state index in [1.54, 1.807) is 49.6 Å². The molecule has 0 spiro atoms. The van der Waals surface area contributed by atoms with Crippen LogP contribution in [0.5, 0.6) is 11.5 Å². The van der Waals surface area contributed by atoms with Gasteiger partial charge in [0.2, 0.25) is 15.9 Å². The minimum Gasteiger partial charge on any atom is -0.493 e. The molecule has 7 nitrogen and oxygen atoms in total. The Morgan fingerprint density at radius 3 is 2.45 bits per heavy atom. The van der Waals surface area contributed by atoms with Gasteiger partial charge in [-0.05, 0) is 61.2 Å². The molecule has 1 aliphatic heterocycles. The van der Waals surface area contributed by atoms with Gasteiger partial charge in [0.25, 0.3) is 0 Å². The van der Waals surface area contributed by atoms with Crippen LogP contribution >= 0.6 is 0 Å². The fourth-order valence-corrected chi connectivity index (χ4v) is 4.86. The van der Waals surface area contributed by atoms with Gasteiger partial charge in [-0.15, -0.1) is 0 Å². The van der Waals surface area contributed by atoms with Gasteiger partial charge in [-0.25, -0.2) is 8.42 Å². The van der Waals surface area contributed by atoms with Crippen LogP contribution in [0.25, 0.3) is 6.08 Å². The molecule has 166 valence electrons. The number of methoxy groups -OCH3 is 1. The highest BCUT2D eigenvalue weighted by Crippen LogP contribution is 2.28. The molecule has 0 aliphatic carbocycles. The van der Waals surface area contributed by atoms with Crippen LogP contribution in [-0.2, 0) is 21.4 Å². The second kappa shape index (κ2) is 10.5. The normalized spacial score (nSPS) is 14.6. The molecule has 0 saturated carbocycles. The van der Waals surface area contributed by atoms with Crippen molar-refractivity contribution in [1.29, 1.82) is 0 Å². The standard InChI is InChI=1S/C23H28N2O5S/c1-3-30-21-12-8-18(16-22(21)29-2)9-13-23(26)24-17-19-6-10-20(11-7-19)31(27,28)25-14-4-5-15-25/h6-13,16H,3-5,14-15,17H2,1-2H3,(H,24,26)/b13-9+. The number of nitrogens with zero attached hydrogens (tertiary/aromatic N) is 1. The first-order chi connectivity index (χ1) is 14.9. The van der Waals surface area contributed by atoms with Crippen molar-refractivity contribution < 1.29 is 22.7 Å². The van der Waals surface area contributed by atoms with Gasteiger partial charge in [0.15, 0.2) is 11.5 Å². The van der Waals surface area contributed by atoms with Gasteiger partial charge in [0.1, 0.15) is 0 Å². The van der Waals surface area contributed by atoms with E-state index < -0.39 is 10.0 Å². The highest BCUT2D eigenvalue weighted by atomic mass is 32.2. The summed E-state index contributed by atoms with van der Waals surface area (Å²) in [5, 5.41) is 2.80. The Morgan fingerprint density at radius 1 is 1.10 bits per heavy atom. The molecular weight excluding hydrogens is 416 g/mol. The van der Waals surface area contributed by atoms with Crippen molar-refractivity contribution in [2.24, 2.45) is 0 Å². The fourth-order valence-electron chi connectivity index (χ4n) is 3.34. The lowest BCUT2D eigenvalue weighted by Crippen LogP contribution is -2.27. The molecule has 0 unspecified atom stereocenters. The quantitative estimate of drug-likeness (QED) is 0.601.